The van der Waals surface area contributed by atoms with Gasteiger partial charge in [0.1, 0.15) is 0 Å². The summed E-state index contributed by atoms with van der Waals surface area (Å²) in [5.74, 6) is 0.0471. The zero-order valence-corrected chi connectivity index (χ0v) is 12.0. The first kappa shape index (κ1) is 13.9. The number of hydrogen-bond donors (Lipinski definition) is 1. The molecule has 0 saturated carbocycles. The van der Waals surface area contributed by atoms with E-state index < -0.39 is 0 Å². The molecule has 0 spiro atoms. The lowest BCUT2D eigenvalue weighted by molar-refractivity contribution is 0.0827. The van der Waals surface area contributed by atoms with Crippen LogP contribution in [-0.2, 0) is 0 Å². The quantitative estimate of drug-likeness (QED) is 0.902. The number of carbonyl (C=O) groups is 1. The largest absolute Gasteiger partial charge is 0.382 e. The molecule has 0 unspecified atom stereocenters. The molecule has 0 aliphatic carbocycles. The van der Waals surface area contributed by atoms with E-state index in [1.54, 1.807) is 19.0 Å². The van der Waals surface area contributed by atoms with Gasteiger partial charge in [-0.15, -0.1) is 0 Å². The van der Waals surface area contributed by atoms with Crippen molar-refractivity contribution in [1.82, 2.24) is 9.80 Å². The van der Waals surface area contributed by atoms with Gasteiger partial charge in [0.25, 0.3) is 5.91 Å². The fourth-order valence-corrected chi connectivity index (χ4v) is 2.36. The highest BCUT2D eigenvalue weighted by Gasteiger charge is 2.16. The number of benzene rings is 1. The van der Waals surface area contributed by atoms with E-state index >= 15 is 0 Å². The number of carbonyl (C=O) groups excluding carboxylic acids is 1. The predicted octanol–water partition coefficient (Wildman–Crippen LogP) is 1.89. The van der Waals surface area contributed by atoms with Crippen LogP contribution in [0.5, 0.6) is 0 Å². The number of hydrogen-bond acceptors (Lipinski definition) is 3. The maximum atomic E-state index is 11.8. The fraction of sp³-hybridized carbons (Fsp3) is 0.533. The van der Waals surface area contributed by atoms with E-state index in [2.05, 4.69) is 17.3 Å². The number of amides is 1. The van der Waals surface area contributed by atoms with E-state index in [4.69, 9.17) is 0 Å². The van der Waals surface area contributed by atoms with Gasteiger partial charge in [-0.05, 0) is 57.2 Å². The Hall–Kier alpha value is -1.55. The first-order chi connectivity index (χ1) is 9.06. The maximum absolute atomic E-state index is 11.8. The Morgan fingerprint density at radius 2 is 1.79 bits per heavy atom. The topological polar surface area (TPSA) is 35.6 Å². The zero-order valence-electron chi connectivity index (χ0n) is 12.0. The Morgan fingerprint density at radius 1 is 1.21 bits per heavy atom. The van der Waals surface area contributed by atoms with E-state index in [-0.39, 0.29) is 5.91 Å². The van der Waals surface area contributed by atoms with Crippen molar-refractivity contribution in [2.24, 2.45) is 0 Å². The Labute approximate surface area is 115 Å². The van der Waals surface area contributed by atoms with Crippen LogP contribution in [0.2, 0.25) is 0 Å². The van der Waals surface area contributed by atoms with E-state index in [9.17, 15) is 4.79 Å². The molecular weight excluding hydrogens is 238 g/mol. The molecule has 1 fully saturated rings. The number of piperidine rings is 1. The summed E-state index contributed by atoms with van der Waals surface area (Å²) in [6.45, 7) is 2.30. The van der Waals surface area contributed by atoms with Gasteiger partial charge < -0.3 is 15.1 Å². The molecule has 1 aliphatic heterocycles. The van der Waals surface area contributed by atoms with E-state index in [1.165, 1.54) is 12.8 Å². The second-order valence-corrected chi connectivity index (χ2v) is 5.50. The first-order valence-electron chi connectivity index (χ1n) is 6.83. The minimum Gasteiger partial charge on any atom is -0.382 e. The number of rotatable bonds is 3. The summed E-state index contributed by atoms with van der Waals surface area (Å²) in [5.41, 5.74) is 1.84. The zero-order chi connectivity index (χ0) is 13.8. The van der Waals surface area contributed by atoms with Crippen molar-refractivity contribution >= 4 is 11.6 Å². The molecule has 1 N–H and O–H groups in total. The van der Waals surface area contributed by atoms with E-state index in [1.807, 2.05) is 24.3 Å². The van der Waals surface area contributed by atoms with Crippen molar-refractivity contribution in [3.05, 3.63) is 29.8 Å². The van der Waals surface area contributed by atoms with E-state index in [0.717, 1.165) is 24.3 Å². The molecule has 2 rings (SSSR count). The van der Waals surface area contributed by atoms with Gasteiger partial charge in [0.2, 0.25) is 0 Å². The molecule has 4 heteroatoms. The van der Waals surface area contributed by atoms with E-state index in [0.29, 0.717) is 6.04 Å². The Balaban J connectivity index is 1.93. The second-order valence-electron chi connectivity index (χ2n) is 5.50. The summed E-state index contributed by atoms with van der Waals surface area (Å²) in [7, 11) is 5.71. The minimum atomic E-state index is 0.0471. The maximum Gasteiger partial charge on any atom is 0.253 e. The summed E-state index contributed by atoms with van der Waals surface area (Å²) >= 11 is 0. The summed E-state index contributed by atoms with van der Waals surface area (Å²) in [5, 5.41) is 3.55. The molecular formula is C15H23N3O. The molecule has 104 valence electrons. The lowest BCUT2D eigenvalue weighted by Crippen LogP contribution is -2.36. The van der Waals surface area contributed by atoms with Crippen LogP contribution in [0, 0.1) is 0 Å². The van der Waals surface area contributed by atoms with Gasteiger partial charge in [-0.2, -0.15) is 0 Å². The van der Waals surface area contributed by atoms with Crippen LogP contribution in [0.3, 0.4) is 0 Å². The molecule has 19 heavy (non-hydrogen) atoms. The highest BCUT2D eigenvalue weighted by molar-refractivity contribution is 5.94. The second kappa shape index (κ2) is 6.06. The lowest BCUT2D eigenvalue weighted by atomic mass is 10.0. The van der Waals surface area contributed by atoms with Crippen molar-refractivity contribution in [2.75, 3.05) is 39.5 Å². The van der Waals surface area contributed by atoms with Crippen LogP contribution in [0.4, 0.5) is 5.69 Å². The standard InChI is InChI=1S/C15H23N3O/c1-17(2)15(19)12-4-6-13(7-5-12)16-14-8-10-18(3)11-9-14/h4-7,14,16H,8-11H2,1-3H3. The van der Waals surface area contributed by atoms with Gasteiger partial charge >= 0.3 is 0 Å². The smallest absolute Gasteiger partial charge is 0.253 e. The molecule has 1 saturated heterocycles. The summed E-state index contributed by atoms with van der Waals surface area (Å²) < 4.78 is 0. The number of nitrogens with one attached hydrogen (secondary N) is 1. The third-order valence-electron chi connectivity index (χ3n) is 3.63. The van der Waals surface area contributed by atoms with Crippen LogP contribution >= 0.6 is 0 Å². The molecule has 1 heterocycles. The van der Waals surface area contributed by atoms with Crippen molar-refractivity contribution in [1.29, 1.82) is 0 Å². The normalized spacial score (nSPS) is 17.2. The molecule has 0 atom stereocenters. The third-order valence-corrected chi connectivity index (χ3v) is 3.63. The average Bonchev–Trinajstić information content (AvgIpc) is 2.41. The van der Waals surface area contributed by atoms with Crippen LogP contribution < -0.4 is 5.32 Å². The van der Waals surface area contributed by atoms with Gasteiger partial charge in [0.05, 0.1) is 0 Å². The summed E-state index contributed by atoms with van der Waals surface area (Å²) in [6, 6.07) is 8.31. The van der Waals surface area contributed by atoms with Gasteiger partial charge in [-0.3, -0.25) is 4.79 Å². The monoisotopic (exact) mass is 261 g/mol. The van der Waals surface area contributed by atoms with Crippen molar-refractivity contribution in [3.8, 4) is 0 Å². The Morgan fingerprint density at radius 3 is 2.32 bits per heavy atom. The first-order valence-corrected chi connectivity index (χ1v) is 6.83. The lowest BCUT2D eigenvalue weighted by Gasteiger charge is -2.30. The van der Waals surface area contributed by atoms with Crippen LogP contribution in [-0.4, -0.2) is 56.0 Å². The molecule has 4 nitrogen and oxygen atoms in total. The highest BCUT2D eigenvalue weighted by Crippen LogP contribution is 2.17. The molecule has 1 aliphatic rings. The summed E-state index contributed by atoms with van der Waals surface area (Å²) in [6.07, 6.45) is 2.35. The average molecular weight is 261 g/mol. The summed E-state index contributed by atoms with van der Waals surface area (Å²) in [4.78, 5) is 15.7. The van der Waals surface area contributed by atoms with Gasteiger partial charge in [-0.1, -0.05) is 0 Å². The fourth-order valence-electron chi connectivity index (χ4n) is 2.36. The number of nitrogens with zero attached hydrogens (tertiary/aromatic N) is 2. The predicted molar refractivity (Wildman–Crippen MR) is 78.6 cm³/mol. The number of anilines is 1. The van der Waals surface area contributed by atoms with Crippen molar-refractivity contribution in [2.45, 2.75) is 18.9 Å². The Kier molecular flexibility index (Phi) is 4.43. The highest BCUT2D eigenvalue weighted by atomic mass is 16.2. The molecule has 1 aromatic carbocycles. The Bertz CT molecular complexity index is 420. The third kappa shape index (κ3) is 3.70. The number of likely N-dealkylation sites (tertiary alicyclic amines) is 1. The van der Waals surface area contributed by atoms with Crippen molar-refractivity contribution in [3.63, 3.8) is 0 Å². The molecule has 0 radical (unpaired) electrons. The molecule has 1 aromatic rings. The van der Waals surface area contributed by atoms with Crippen LogP contribution in [0.15, 0.2) is 24.3 Å². The SMILES string of the molecule is CN1CCC(Nc2ccc(C(=O)N(C)C)cc2)CC1. The van der Waals surface area contributed by atoms with Gasteiger partial charge in [0.15, 0.2) is 0 Å². The minimum absolute atomic E-state index is 0.0471. The van der Waals surface area contributed by atoms with Gasteiger partial charge in [-0.25, -0.2) is 0 Å². The van der Waals surface area contributed by atoms with Crippen LogP contribution in [0.25, 0.3) is 0 Å². The van der Waals surface area contributed by atoms with Crippen LogP contribution in [0.1, 0.15) is 23.2 Å². The van der Waals surface area contributed by atoms with Crippen molar-refractivity contribution < 1.29 is 4.79 Å². The molecule has 0 bridgehead atoms. The molecule has 1 amide bonds. The van der Waals surface area contributed by atoms with Gasteiger partial charge in [0, 0.05) is 31.4 Å². The molecule has 0 aromatic heterocycles.